The lowest BCUT2D eigenvalue weighted by Gasteiger charge is -2.28. The summed E-state index contributed by atoms with van der Waals surface area (Å²) in [6.45, 7) is 5.56. The molecule has 90 valence electrons. The van der Waals surface area contributed by atoms with Gasteiger partial charge in [-0.25, -0.2) is 4.39 Å². The number of hydrogen-bond acceptors (Lipinski definition) is 2. The lowest BCUT2D eigenvalue weighted by molar-refractivity contribution is -0.0414. The molecule has 0 saturated heterocycles. The van der Waals surface area contributed by atoms with Gasteiger partial charge >= 0.3 is 0 Å². The number of methoxy groups -OCH3 is 1. The minimum atomic E-state index is -1.24. The Kier molecular flexibility index (Phi) is 4.05. The Bertz CT molecular complexity index is 353. The van der Waals surface area contributed by atoms with Crippen LogP contribution in [0.2, 0.25) is 0 Å². The third kappa shape index (κ3) is 2.42. The molecule has 1 rings (SSSR count). The molecule has 0 aliphatic rings. The molecule has 0 fully saturated rings. The first-order chi connectivity index (χ1) is 7.44. The normalized spacial score (nSPS) is 14.9. The zero-order chi connectivity index (χ0) is 12.3. The molecule has 1 aromatic carbocycles. The molecular weight excluding hydrogens is 207 g/mol. The lowest BCUT2D eigenvalue weighted by atomic mass is 9.87. The van der Waals surface area contributed by atoms with Crippen LogP contribution in [0.4, 0.5) is 4.39 Å². The molecule has 0 spiro atoms. The lowest BCUT2D eigenvalue weighted by Crippen LogP contribution is -2.32. The fourth-order valence-corrected chi connectivity index (χ4v) is 2.09. The summed E-state index contributed by atoms with van der Waals surface area (Å²) in [5.41, 5.74) is 0.729. The second-order valence-electron chi connectivity index (χ2n) is 4.26. The molecule has 0 aliphatic heterocycles. The van der Waals surface area contributed by atoms with Gasteiger partial charge in [-0.2, -0.15) is 0 Å². The van der Waals surface area contributed by atoms with E-state index in [1.165, 1.54) is 13.2 Å². The smallest absolute Gasteiger partial charge is 0.129 e. The maximum Gasteiger partial charge on any atom is 0.129 e. The first kappa shape index (κ1) is 13.1. The molecule has 1 aromatic rings. The second kappa shape index (κ2) is 4.93. The average Bonchev–Trinajstić information content (AvgIpc) is 2.16. The van der Waals surface area contributed by atoms with E-state index in [0.717, 1.165) is 11.1 Å². The summed E-state index contributed by atoms with van der Waals surface area (Å²) in [5, 5.41) is 10.4. The number of ether oxygens (including phenoxy) is 1. The highest BCUT2D eigenvalue weighted by atomic mass is 19.1. The van der Waals surface area contributed by atoms with Crippen LogP contribution in [0.15, 0.2) is 12.1 Å². The summed E-state index contributed by atoms with van der Waals surface area (Å²) in [4.78, 5) is 0. The first-order valence-corrected chi connectivity index (χ1v) is 5.43. The first-order valence-electron chi connectivity index (χ1n) is 5.43. The molecule has 0 heterocycles. The zero-order valence-corrected chi connectivity index (χ0v) is 10.3. The van der Waals surface area contributed by atoms with Crippen LogP contribution in [0.3, 0.4) is 0 Å². The Morgan fingerprint density at radius 2 is 2.00 bits per heavy atom. The Balaban J connectivity index is 3.30. The Labute approximate surface area is 96.1 Å². The van der Waals surface area contributed by atoms with E-state index in [0.29, 0.717) is 12.0 Å². The fraction of sp³-hybridized carbons (Fsp3) is 0.538. The van der Waals surface area contributed by atoms with Gasteiger partial charge in [-0.3, -0.25) is 0 Å². The van der Waals surface area contributed by atoms with Gasteiger partial charge in [0, 0.05) is 12.7 Å². The van der Waals surface area contributed by atoms with Gasteiger partial charge in [0.05, 0.1) is 6.61 Å². The van der Waals surface area contributed by atoms with Gasteiger partial charge in [0.1, 0.15) is 11.4 Å². The van der Waals surface area contributed by atoms with Crippen LogP contribution in [0.25, 0.3) is 0 Å². The monoisotopic (exact) mass is 226 g/mol. The summed E-state index contributed by atoms with van der Waals surface area (Å²) in [6.07, 6.45) is 0.418. The third-order valence-corrected chi connectivity index (χ3v) is 2.87. The highest BCUT2D eigenvalue weighted by Crippen LogP contribution is 2.31. The summed E-state index contributed by atoms with van der Waals surface area (Å²) in [6, 6.07) is 3.31. The number of halogens is 1. The molecule has 2 nitrogen and oxygen atoms in total. The van der Waals surface area contributed by atoms with Gasteiger partial charge < -0.3 is 9.84 Å². The molecule has 0 radical (unpaired) electrons. The average molecular weight is 226 g/mol. The SMILES string of the molecule is CCC(O)(COC)c1c(C)cc(C)cc1F. The number of hydrogen-bond donors (Lipinski definition) is 1. The standard InChI is InChI=1S/C13H19FO2/c1-5-13(15,8-16-4)12-10(3)6-9(2)7-11(12)14/h6-7,15H,5,8H2,1-4H3. The molecule has 16 heavy (non-hydrogen) atoms. The summed E-state index contributed by atoms with van der Waals surface area (Å²) < 4.78 is 18.9. The van der Waals surface area contributed by atoms with Crippen molar-refractivity contribution >= 4 is 0 Å². The number of aryl methyl sites for hydroxylation is 2. The molecule has 1 N–H and O–H groups in total. The predicted molar refractivity (Wildman–Crippen MR) is 61.9 cm³/mol. The minimum absolute atomic E-state index is 0.102. The van der Waals surface area contributed by atoms with Crippen LogP contribution in [0.5, 0.6) is 0 Å². The molecule has 1 atom stereocenters. The van der Waals surface area contributed by atoms with Crippen LogP contribution in [0, 0.1) is 19.7 Å². The van der Waals surface area contributed by atoms with Crippen molar-refractivity contribution in [1.29, 1.82) is 0 Å². The van der Waals surface area contributed by atoms with Gasteiger partial charge in [-0.15, -0.1) is 0 Å². The van der Waals surface area contributed by atoms with E-state index in [1.807, 2.05) is 26.8 Å². The summed E-state index contributed by atoms with van der Waals surface area (Å²) in [7, 11) is 1.50. The van der Waals surface area contributed by atoms with Crippen molar-refractivity contribution in [2.75, 3.05) is 13.7 Å². The zero-order valence-electron chi connectivity index (χ0n) is 10.3. The number of aliphatic hydroxyl groups is 1. The quantitative estimate of drug-likeness (QED) is 0.855. The van der Waals surface area contributed by atoms with Gasteiger partial charge in [0.2, 0.25) is 0 Å². The molecule has 0 amide bonds. The van der Waals surface area contributed by atoms with Crippen molar-refractivity contribution in [1.82, 2.24) is 0 Å². The van der Waals surface area contributed by atoms with Crippen LogP contribution < -0.4 is 0 Å². The van der Waals surface area contributed by atoms with E-state index < -0.39 is 5.60 Å². The minimum Gasteiger partial charge on any atom is -0.383 e. The second-order valence-corrected chi connectivity index (χ2v) is 4.26. The van der Waals surface area contributed by atoms with Gasteiger partial charge in [0.25, 0.3) is 0 Å². The van der Waals surface area contributed by atoms with Crippen LogP contribution in [-0.4, -0.2) is 18.8 Å². The Hall–Kier alpha value is -0.930. The number of rotatable bonds is 4. The summed E-state index contributed by atoms with van der Waals surface area (Å²) in [5.74, 6) is -0.362. The number of benzene rings is 1. The van der Waals surface area contributed by atoms with E-state index in [1.54, 1.807) is 0 Å². The van der Waals surface area contributed by atoms with E-state index in [2.05, 4.69) is 0 Å². The van der Waals surface area contributed by atoms with E-state index in [-0.39, 0.29) is 12.4 Å². The highest BCUT2D eigenvalue weighted by Gasteiger charge is 2.32. The van der Waals surface area contributed by atoms with Crippen LogP contribution >= 0.6 is 0 Å². The Morgan fingerprint density at radius 3 is 2.44 bits per heavy atom. The van der Waals surface area contributed by atoms with Crippen LogP contribution in [0.1, 0.15) is 30.0 Å². The molecular formula is C13H19FO2. The van der Waals surface area contributed by atoms with Crippen molar-refractivity contribution < 1.29 is 14.2 Å². The summed E-state index contributed by atoms with van der Waals surface area (Å²) >= 11 is 0. The van der Waals surface area contributed by atoms with Gasteiger partial charge in [-0.05, 0) is 37.5 Å². The molecule has 0 bridgehead atoms. The third-order valence-electron chi connectivity index (χ3n) is 2.87. The molecule has 3 heteroatoms. The highest BCUT2D eigenvalue weighted by molar-refractivity contribution is 5.36. The van der Waals surface area contributed by atoms with E-state index >= 15 is 0 Å². The van der Waals surface area contributed by atoms with Gasteiger partial charge in [0.15, 0.2) is 0 Å². The maximum absolute atomic E-state index is 13.9. The Morgan fingerprint density at radius 1 is 1.38 bits per heavy atom. The topological polar surface area (TPSA) is 29.5 Å². The van der Waals surface area contributed by atoms with E-state index in [9.17, 15) is 9.50 Å². The van der Waals surface area contributed by atoms with Crippen molar-refractivity contribution in [3.05, 3.63) is 34.6 Å². The van der Waals surface area contributed by atoms with Crippen molar-refractivity contribution in [3.63, 3.8) is 0 Å². The maximum atomic E-state index is 13.9. The predicted octanol–water partition coefficient (Wildman–Crippen LogP) is 2.69. The molecule has 0 aromatic heterocycles. The van der Waals surface area contributed by atoms with Crippen LogP contribution in [-0.2, 0) is 10.3 Å². The fourth-order valence-electron chi connectivity index (χ4n) is 2.09. The largest absolute Gasteiger partial charge is 0.383 e. The molecule has 0 saturated carbocycles. The molecule has 0 aliphatic carbocycles. The van der Waals surface area contributed by atoms with Crippen molar-refractivity contribution in [3.8, 4) is 0 Å². The van der Waals surface area contributed by atoms with E-state index in [4.69, 9.17) is 4.74 Å². The molecule has 1 unspecified atom stereocenters. The van der Waals surface area contributed by atoms with Crippen molar-refractivity contribution in [2.24, 2.45) is 0 Å². The van der Waals surface area contributed by atoms with Gasteiger partial charge in [-0.1, -0.05) is 13.0 Å². The van der Waals surface area contributed by atoms with Crippen molar-refractivity contribution in [2.45, 2.75) is 32.8 Å².